The number of benzene rings is 1. The Bertz CT molecular complexity index is 572. The van der Waals surface area contributed by atoms with Crippen molar-refractivity contribution in [2.75, 3.05) is 0 Å². The van der Waals surface area contributed by atoms with Gasteiger partial charge in [-0.2, -0.15) is 13.2 Å². The molecule has 0 saturated heterocycles. The van der Waals surface area contributed by atoms with E-state index in [1.54, 1.807) is 0 Å². The molecule has 0 aliphatic carbocycles. The van der Waals surface area contributed by atoms with E-state index in [0.717, 1.165) is 6.92 Å². The van der Waals surface area contributed by atoms with Crippen LogP contribution in [0, 0.1) is 5.82 Å². The maximum atomic E-state index is 13.4. The molecule has 10 heteroatoms. The monoisotopic (exact) mass is 350 g/mol. The van der Waals surface area contributed by atoms with Crippen molar-refractivity contribution in [1.82, 2.24) is 0 Å². The largest absolute Gasteiger partial charge is 0.417 e. The first-order valence-electron chi connectivity index (χ1n) is 4.83. The van der Waals surface area contributed by atoms with Gasteiger partial charge in [-0.25, -0.2) is 4.39 Å². The van der Waals surface area contributed by atoms with Crippen LogP contribution >= 0.6 is 34.8 Å². The Kier molecular flexibility index (Phi) is 4.99. The summed E-state index contributed by atoms with van der Waals surface area (Å²) >= 11 is 16.1. The minimum absolute atomic E-state index is 0.338. The maximum Gasteiger partial charge on any atom is 0.417 e. The number of azo groups is 1. The summed E-state index contributed by atoms with van der Waals surface area (Å²) in [6.07, 6.45) is -4.80. The van der Waals surface area contributed by atoms with Gasteiger partial charge in [0, 0.05) is 0 Å². The van der Waals surface area contributed by atoms with Gasteiger partial charge in [-0.15, -0.1) is 10.2 Å². The Morgan fingerprint density at radius 3 is 2.25 bits per heavy atom. The third-order valence-electron chi connectivity index (χ3n) is 2.05. The zero-order valence-corrected chi connectivity index (χ0v) is 11.9. The number of alkyl halides is 5. The molecule has 0 N–H and O–H groups in total. The summed E-state index contributed by atoms with van der Waals surface area (Å²) in [7, 11) is 0. The number of Topliss-reactive ketones (excluding diaryl/α,β-unsaturated/α-hetero) is 1. The van der Waals surface area contributed by atoms with Crippen molar-refractivity contribution in [3.8, 4) is 0 Å². The fourth-order valence-corrected chi connectivity index (χ4v) is 1.35. The number of halogens is 7. The van der Waals surface area contributed by atoms with Gasteiger partial charge >= 0.3 is 6.18 Å². The van der Waals surface area contributed by atoms with Gasteiger partial charge in [0.05, 0.1) is 10.6 Å². The van der Waals surface area contributed by atoms with Crippen LogP contribution in [0.25, 0.3) is 0 Å². The number of hydrogen-bond donors (Lipinski definition) is 0. The molecule has 0 spiro atoms. The van der Waals surface area contributed by atoms with E-state index in [-0.39, 0.29) is 0 Å². The van der Waals surface area contributed by atoms with Crippen LogP contribution < -0.4 is 0 Å². The fourth-order valence-electron chi connectivity index (χ4n) is 1.02. The number of hydrogen-bond acceptors (Lipinski definition) is 3. The first kappa shape index (κ1) is 17.1. The summed E-state index contributed by atoms with van der Waals surface area (Å²) < 4.78 is 48.8. The van der Waals surface area contributed by atoms with E-state index < -0.39 is 38.5 Å². The molecule has 20 heavy (non-hydrogen) atoms. The number of carbonyl (C=O) groups is 1. The minimum atomic E-state index is -4.80. The highest BCUT2D eigenvalue weighted by atomic mass is 35.5. The molecule has 0 aliphatic rings. The van der Waals surface area contributed by atoms with Crippen LogP contribution in [0.15, 0.2) is 22.4 Å². The van der Waals surface area contributed by atoms with Crippen molar-refractivity contribution in [2.24, 2.45) is 10.2 Å². The van der Waals surface area contributed by atoms with Crippen molar-refractivity contribution >= 4 is 46.3 Å². The first-order chi connectivity index (χ1) is 8.95. The van der Waals surface area contributed by atoms with Gasteiger partial charge in [0.2, 0.25) is 0 Å². The zero-order chi connectivity index (χ0) is 15.7. The predicted octanol–water partition coefficient (Wildman–Crippen LogP) is 5.30. The van der Waals surface area contributed by atoms with Gasteiger partial charge in [-0.3, -0.25) is 4.79 Å². The first-order valence-corrected chi connectivity index (χ1v) is 5.96. The number of carbonyl (C=O) groups excluding carboxylic acids is 1. The van der Waals surface area contributed by atoms with Crippen molar-refractivity contribution in [2.45, 2.75) is 17.6 Å². The quantitative estimate of drug-likeness (QED) is 0.315. The molecular weight excluding hydrogens is 346 g/mol. The Morgan fingerprint density at radius 2 is 1.80 bits per heavy atom. The standard InChI is InChI=1S/C10H5Cl3F4N2O/c1-4(20)9(12,13)19-18-8-2-5(10(15,16)17)6(11)3-7(8)14/h2-3H,1H3/b19-18+. The Hall–Kier alpha value is -0.920. The molecule has 0 radical (unpaired) electrons. The van der Waals surface area contributed by atoms with Gasteiger partial charge in [0.15, 0.2) is 11.6 Å². The van der Waals surface area contributed by atoms with E-state index in [2.05, 4.69) is 10.2 Å². The lowest BCUT2D eigenvalue weighted by atomic mass is 10.2. The highest BCUT2D eigenvalue weighted by Gasteiger charge is 2.35. The van der Waals surface area contributed by atoms with Crippen molar-refractivity contribution in [1.29, 1.82) is 0 Å². The molecule has 0 unspecified atom stereocenters. The highest BCUT2D eigenvalue weighted by Crippen LogP contribution is 2.38. The normalized spacial score (nSPS) is 13.0. The fraction of sp³-hybridized carbons (Fsp3) is 0.300. The lowest BCUT2D eigenvalue weighted by molar-refractivity contribution is -0.137. The average Bonchev–Trinajstić information content (AvgIpc) is 2.25. The van der Waals surface area contributed by atoms with Gasteiger partial charge in [-0.05, 0) is 19.1 Å². The summed E-state index contributed by atoms with van der Waals surface area (Å²) in [6.45, 7) is 0.985. The van der Waals surface area contributed by atoms with Gasteiger partial charge in [0.1, 0.15) is 5.69 Å². The number of ketones is 1. The SMILES string of the molecule is CC(=O)C(Cl)(Cl)/N=N/c1cc(C(F)(F)F)c(Cl)cc1F. The second-order valence-electron chi connectivity index (χ2n) is 3.58. The van der Waals surface area contributed by atoms with Crippen LogP contribution in [0.4, 0.5) is 23.2 Å². The molecule has 3 nitrogen and oxygen atoms in total. The zero-order valence-electron chi connectivity index (χ0n) is 9.60. The van der Waals surface area contributed by atoms with Crippen LogP contribution in [0.5, 0.6) is 0 Å². The highest BCUT2D eigenvalue weighted by molar-refractivity contribution is 6.57. The lowest BCUT2D eigenvalue weighted by Crippen LogP contribution is -2.19. The summed E-state index contributed by atoms with van der Waals surface area (Å²) in [6, 6.07) is 0.766. The summed E-state index contributed by atoms with van der Waals surface area (Å²) in [5, 5.41) is 5.39. The minimum Gasteiger partial charge on any atom is -0.294 e. The van der Waals surface area contributed by atoms with Crippen molar-refractivity contribution < 1.29 is 22.4 Å². The molecule has 0 aromatic heterocycles. The van der Waals surface area contributed by atoms with E-state index in [0.29, 0.717) is 12.1 Å². The van der Waals surface area contributed by atoms with Crippen molar-refractivity contribution in [3.05, 3.63) is 28.5 Å². The second kappa shape index (κ2) is 5.83. The van der Waals surface area contributed by atoms with E-state index in [9.17, 15) is 22.4 Å². The van der Waals surface area contributed by atoms with Crippen LogP contribution in [0.2, 0.25) is 5.02 Å². The summed E-state index contributed by atoms with van der Waals surface area (Å²) in [5.41, 5.74) is -2.10. The molecule has 1 aromatic rings. The lowest BCUT2D eigenvalue weighted by Gasteiger charge is -2.11. The summed E-state index contributed by atoms with van der Waals surface area (Å²) in [4.78, 5) is 10.9. The Morgan fingerprint density at radius 1 is 1.25 bits per heavy atom. The van der Waals surface area contributed by atoms with E-state index in [1.807, 2.05) is 0 Å². The average molecular weight is 352 g/mol. The third-order valence-corrected chi connectivity index (χ3v) is 3.04. The van der Waals surface area contributed by atoms with Crippen LogP contribution in [0.1, 0.15) is 12.5 Å². The van der Waals surface area contributed by atoms with Gasteiger partial charge in [0.25, 0.3) is 4.46 Å². The molecule has 0 fully saturated rings. The van der Waals surface area contributed by atoms with E-state index >= 15 is 0 Å². The summed E-state index contributed by atoms with van der Waals surface area (Å²) in [5.74, 6) is -1.99. The maximum absolute atomic E-state index is 13.4. The van der Waals surface area contributed by atoms with Crippen LogP contribution in [-0.4, -0.2) is 10.2 Å². The van der Waals surface area contributed by atoms with Crippen LogP contribution in [-0.2, 0) is 11.0 Å². The smallest absolute Gasteiger partial charge is 0.294 e. The van der Waals surface area contributed by atoms with E-state index in [4.69, 9.17) is 34.8 Å². The molecule has 0 aliphatic heterocycles. The molecule has 0 bridgehead atoms. The molecule has 110 valence electrons. The molecule has 0 heterocycles. The van der Waals surface area contributed by atoms with Gasteiger partial charge in [-0.1, -0.05) is 34.8 Å². The second-order valence-corrected chi connectivity index (χ2v) is 5.27. The molecule has 1 aromatic carbocycles. The van der Waals surface area contributed by atoms with Crippen molar-refractivity contribution in [3.63, 3.8) is 0 Å². The van der Waals surface area contributed by atoms with Crippen LogP contribution in [0.3, 0.4) is 0 Å². The molecule has 0 atom stereocenters. The third kappa shape index (κ3) is 4.04. The Balaban J connectivity index is 3.27. The predicted molar refractivity (Wildman–Crippen MR) is 66.0 cm³/mol. The van der Waals surface area contributed by atoms with E-state index in [1.165, 1.54) is 0 Å². The molecule has 1 rings (SSSR count). The number of nitrogens with zero attached hydrogens (tertiary/aromatic N) is 2. The Labute approximate surface area is 125 Å². The molecule has 0 amide bonds. The van der Waals surface area contributed by atoms with Gasteiger partial charge < -0.3 is 0 Å². The molecular formula is C10H5Cl3F4N2O. The molecule has 0 saturated carbocycles. The number of rotatable bonds is 3. The topological polar surface area (TPSA) is 41.8 Å².